The summed E-state index contributed by atoms with van der Waals surface area (Å²) in [6, 6.07) is 5.59. The number of carbonyl (C=O) groups excluding carboxylic acids is 2. The summed E-state index contributed by atoms with van der Waals surface area (Å²) in [7, 11) is 0. The number of hydrogen-bond donors (Lipinski definition) is 4. The minimum Gasteiger partial charge on any atom is -0.348 e. The average Bonchev–Trinajstić information content (AvgIpc) is 3.99. The Morgan fingerprint density at radius 3 is 1.38 bits per heavy atom. The van der Waals surface area contributed by atoms with Gasteiger partial charge >= 0.3 is 0 Å². The molecule has 16 nitrogen and oxygen atoms in total. The Morgan fingerprint density at radius 2 is 1.02 bits per heavy atom. The Kier molecular flexibility index (Phi) is 11.3. The first-order valence-corrected chi connectivity index (χ1v) is 19.7. The van der Waals surface area contributed by atoms with E-state index in [0.29, 0.717) is 23.5 Å². The van der Waals surface area contributed by atoms with Crippen LogP contribution in [0.25, 0.3) is 33.8 Å². The van der Waals surface area contributed by atoms with Crippen molar-refractivity contribution >= 4 is 23.1 Å². The monoisotopic (exact) mass is 762 g/mol. The number of rotatable bonds is 8. The van der Waals surface area contributed by atoms with Gasteiger partial charge in [-0.25, -0.2) is 19.0 Å². The fraction of sp³-hybridized carbons (Fsp3) is 0.500. The Bertz CT molecular complexity index is 2150. The van der Waals surface area contributed by atoms with Crippen LogP contribution in [0.15, 0.2) is 37.2 Å². The molecule has 2 saturated heterocycles. The van der Waals surface area contributed by atoms with Crippen LogP contribution >= 0.6 is 0 Å². The summed E-state index contributed by atoms with van der Waals surface area (Å²) in [5, 5.41) is 29.4. The van der Waals surface area contributed by atoms with Crippen LogP contribution in [0.5, 0.6) is 0 Å². The molecule has 296 valence electrons. The number of hydrogen-bond acceptors (Lipinski definition) is 10. The van der Waals surface area contributed by atoms with Crippen molar-refractivity contribution in [3.05, 3.63) is 70.8 Å². The predicted molar refractivity (Wildman–Crippen MR) is 214 cm³/mol. The molecule has 6 aromatic rings. The molecule has 2 aliphatic heterocycles. The number of piperidine rings is 2. The highest BCUT2D eigenvalue weighted by atomic mass is 16.2. The van der Waals surface area contributed by atoms with Gasteiger partial charge in [-0.2, -0.15) is 20.4 Å². The first kappa shape index (κ1) is 38.8. The van der Waals surface area contributed by atoms with Crippen molar-refractivity contribution in [2.45, 2.75) is 105 Å². The molecular weight excluding hydrogens is 709 g/mol. The normalized spacial score (nSPS) is 16.2. The van der Waals surface area contributed by atoms with Gasteiger partial charge in [0.1, 0.15) is 12.7 Å². The second-order valence-electron chi connectivity index (χ2n) is 15.8. The Morgan fingerprint density at radius 1 is 0.643 bits per heavy atom. The molecule has 2 aliphatic rings. The standard InChI is InChI=1S/2C20H27N7O/c2*1-12(2)26-7-5-16(6-8-26)23-20(28)18-14(4)17(24-25-18)15-9-13(3)19-21-11-22-27(19)10-15/h2*9-12,16H,5-8H2,1-4H3,(H,23,28)(H,24,25). The maximum absolute atomic E-state index is 12.8. The molecule has 16 heteroatoms. The number of carbonyl (C=O) groups is 2. The predicted octanol–water partition coefficient (Wildman–Crippen LogP) is 4.68. The molecule has 0 spiro atoms. The number of aryl methyl sites for hydroxylation is 2. The van der Waals surface area contributed by atoms with Gasteiger partial charge in [-0.3, -0.25) is 19.8 Å². The van der Waals surface area contributed by atoms with Crippen LogP contribution in [-0.2, 0) is 0 Å². The molecule has 0 saturated carbocycles. The van der Waals surface area contributed by atoms with Crippen LogP contribution in [0.1, 0.15) is 96.6 Å². The summed E-state index contributed by atoms with van der Waals surface area (Å²) in [5.41, 5.74) is 9.83. The minimum atomic E-state index is -0.110. The van der Waals surface area contributed by atoms with Crippen molar-refractivity contribution in [3.8, 4) is 22.5 Å². The first-order chi connectivity index (χ1) is 26.9. The number of fused-ring (bicyclic) bond motifs is 2. The van der Waals surface area contributed by atoms with Crippen LogP contribution in [0, 0.1) is 27.7 Å². The van der Waals surface area contributed by atoms with Crippen molar-refractivity contribution in [1.29, 1.82) is 0 Å². The molecule has 2 fully saturated rings. The molecule has 8 heterocycles. The first-order valence-electron chi connectivity index (χ1n) is 19.7. The number of nitrogens with one attached hydrogen (secondary N) is 4. The largest absolute Gasteiger partial charge is 0.348 e. The zero-order chi connectivity index (χ0) is 39.7. The molecule has 8 rings (SSSR count). The van der Waals surface area contributed by atoms with Gasteiger partial charge in [-0.1, -0.05) is 0 Å². The van der Waals surface area contributed by atoms with E-state index in [1.54, 1.807) is 9.03 Å². The van der Waals surface area contributed by atoms with E-state index in [1.165, 1.54) is 12.7 Å². The number of pyridine rings is 2. The van der Waals surface area contributed by atoms with Crippen molar-refractivity contribution < 1.29 is 9.59 Å². The van der Waals surface area contributed by atoms with Gasteiger partial charge in [0.15, 0.2) is 22.7 Å². The lowest BCUT2D eigenvalue weighted by atomic mass is 10.0. The van der Waals surface area contributed by atoms with Crippen LogP contribution in [0.4, 0.5) is 0 Å². The van der Waals surface area contributed by atoms with Gasteiger partial charge in [-0.05, 0) is 104 Å². The van der Waals surface area contributed by atoms with E-state index in [-0.39, 0.29) is 23.9 Å². The molecule has 0 bridgehead atoms. The third kappa shape index (κ3) is 8.07. The highest BCUT2D eigenvalue weighted by Gasteiger charge is 2.27. The summed E-state index contributed by atoms with van der Waals surface area (Å²) in [4.78, 5) is 39.0. The van der Waals surface area contributed by atoms with Crippen LogP contribution in [0.3, 0.4) is 0 Å². The number of nitrogens with zero attached hydrogens (tertiary/aromatic N) is 10. The smallest absolute Gasteiger partial charge is 0.272 e. The Labute approximate surface area is 326 Å². The van der Waals surface area contributed by atoms with Gasteiger partial charge in [0, 0.05) is 85.0 Å². The van der Waals surface area contributed by atoms with E-state index in [2.05, 4.69) is 88.7 Å². The van der Waals surface area contributed by atoms with Gasteiger partial charge < -0.3 is 20.4 Å². The fourth-order valence-corrected chi connectivity index (χ4v) is 7.89. The second kappa shape index (κ2) is 16.3. The van der Waals surface area contributed by atoms with Crippen molar-refractivity contribution in [2.75, 3.05) is 26.2 Å². The lowest BCUT2D eigenvalue weighted by Gasteiger charge is -2.34. The molecule has 4 N–H and O–H groups in total. The van der Waals surface area contributed by atoms with Crippen molar-refractivity contribution in [2.24, 2.45) is 0 Å². The maximum Gasteiger partial charge on any atom is 0.272 e. The molecule has 0 radical (unpaired) electrons. The Hall–Kier alpha value is -5.48. The summed E-state index contributed by atoms with van der Waals surface area (Å²) in [6.07, 6.45) is 10.8. The second-order valence-corrected chi connectivity index (χ2v) is 15.8. The van der Waals surface area contributed by atoms with E-state index < -0.39 is 0 Å². The zero-order valence-electron chi connectivity index (χ0n) is 33.7. The zero-order valence-corrected chi connectivity index (χ0v) is 33.7. The number of likely N-dealkylation sites (tertiary alicyclic amines) is 2. The number of aromatic amines is 2. The lowest BCUT2D eigenvalue weighted by molar-refractivity contribution is 0.0886. The van der Waals surface area contributed by atoms with Gasteiger partial charge in [-0.15, -0.1) is 0 Å². The quantitative estimate of drug-likeness (QED) is 0.170. The molecule has 0 unspecified atom stereocenters. The van der Waals surface area contributed by atoms with Crippen LogP contribution < -0.4 is 10.6 Å². The third-order valence-electron chi connectivity index (χ3n) is 11.3. The summed E-state index contributed by atoms with van der Waals surface area (Å²) in [6.45, 7) is 20.8. The fourth-order valence-electron chi connectivity index (χ4n) is 7.89. The molecule has 0 atom stereocenters. The molecule has 6 aromatic heterocycles. The molecule has 56 heavy (non-hydrogen) atoms. The van der Waals surface area contributed by atoms with Crippen molar-refractivity contribution in [3.63, 3.8) is 0 Å². The lowest BCUT2D eigenvalue weighted by Crippen LogP contribution is -2.46. The van der Waals surface area contributed by atoms with Crippen LogP contribution in [0.2, 0.25) is 0 Å². The topological polar surface area (TPSA) is 182 Å². The van der Waals surface area contributed by atoms with E-state index in [1.807, 2.05) is 52.2 Å². The van der Waals surface area contributed by atoms with Gasteiger partial charge in [0.05, 0.1) is 11.4 Å². The number of amides is 2. The van der Waals surface area contributed by atoms with Crippen LogP contribution in [-0.4, -0.2) is 122 Å². The molecule has 2 amide bonds. The SMILES string of the molecule is Cc1c(C(=O)NC2CCN(C(C)C)CC2)n[nH]c1-c1cc(C)c2ncnn2c1.Cc1c(C(=O)NC2CCN(C(C)C)CC2)n[nH]c1-c1cc(C)c2ncnn2c1. The summed E-state index contributed by atoms with van der Waals surface area (Å²) < 4.78 is 3.49. The summed E-state index contributed by atoms with van der Waals surface area (Å²) in [5.74, 6) is -0.219. The summed E-state index contributed by atoms with van der Waals surface area (Å²) >= 11 is 0. The Balaban J connectivity index is 0.000000172. The minimum absolute atomic E-state index is 0.110. The molecular formula is C40H54N14O2. The van der Waals surface area contributed by atoms with E-state index in [9.17, 15) is 9.59 Å². The molecule has 0 aromatic carbocycles. The van der Waals surface area contributed by atoms with E-state index >= 15 is 0 Å². The molecule has 0 aliphatic carbocycles. The van der Waals surface area contributed by atoms with Crippen molar-refractivity contribution in [1.82, 2.24) is 70.0 Å². The van der Waals surface area contributed by atoms with E-state index in [4.69, 9.17) is 0 Å². The van der Waals surface area contributed by atoms with Gasteiger partial charge in [0.2, 0.25) is 0 Å². The van der Waals surface area contributed by atoms with Gasteiger partial charge in [0.25, 0.3) is 11.8 Å². The maximum atomic E-state index is 12.8. The number of aromatic nitrogens is 10. The highest BCUT2D eigenvalue weighted by molar-refractivity contribution is 5.96. The highest BCUT2D eigenvalue weighted by Crippen LogP contribution is 2.27. The number of H-pyrrole nitrogens is 2. The third-order valence-corrected chi connectivity index (χ3v) is 11.3. The van der Waals surface area contributed by atoms with E-state index in [0.717, 1.165) is 108 Å². The average molecular weight is 763 g/mol.